The molecule has 2 aliphatic carbocycles. The number of aromatic nitrogens is 2. The number of nitrogens with one attached hydrogen (secondary N) is 11. The Morgan fingerprint density at radius 1 is 0.587 bits per heavy atom. The van der Waals surface area contributed by atoms with Gasteiger partial charge in [0.05, 0.1) is 41.7 Å². The van der Waals surface area contributed by atoms with Gasteiger partial charge in [-0.2, -0.15) is 0 Å². The molecule has 8 unspecified atom stereocenters. The average molecular weight is 1030 g/mol. The van der Waals surface area contributed by atoms with Gasteiger partial charge < -0.3 is 63.6 Å². The number of H-pyrrole nitrogens is 2. The Bertz CT molecular complexity index is 2700. The van der Waals surface area contributed by atoms with E-state index >= 15 is 0 Å². The topological polar surface area (TPSA) is 302 Å². The third-order valence-corrected chi connectivity index (χ3v) is 15.7. The molecular weight excluding hydrogens is 957 g/mol. The zero-order valence-corrected chi connectivity index (χ0v) is 43.4. The normalized spacial score (nSPS) is 24.6. The molecule has 4 fully saturated rings. The highest BCUT2D eigenvalue weighted by Gasteiger charge is 2.41. The Labute approximate surface area is 437 Å². The lowest BCUT2D eigenvalue weighted by atomic mass is 9.93. The molecule has 8 amide bonds. The summed E-state index contributed by atoms with van der Waals surface area (Å²) in [5.41, 5.74) is 9.40. The van der Waals surface area contributed by atoms with Crippen molar-refractivity contribution < 1.29 is 38.4 Å². The van der Waals surface area contributed by atoms with Crippen molar-refractivity contribution in [1.82, 2.24) is 57.8 Å². The van der Waals surface area contributed by atoms with Crippen molar-refractivity contribution in [3.05, 3.63) is 72.1 Å². The van der Waals surface area contributed by atoms with Gasteiger partial charge in [-0.1, -0.05) is 63.1 Å². The van der Waals surface area contributed by atoms with Crippen molar-refractivity contribution in [2.24, 2.45) is 41.2 Å². The minimum absolute atomic E-state index is 0.0152. The van der Waals surface area contributed by atoms with Gasteiger partial charge in [-0.15, -0.1) is 0 Å². The lowest BCUT2D eigenvalue weighted by Gasteiger charge is -2.27. The second-order valence-corrected chi connectivity index (χ2v) is 21.8. The van der Waals surface area contributed by atoms with Crippen LogP contribution in [-0.2, 0) is 51.2 Å². The van der Waals surface area contributed by atoms with Gasteiger partial charge in [0.25, 0.3) is 0 Å². The Morgan fingerprint density at radius 3 is 1.68 bits per heavy atom. The zero-order chi connectivity index (χ0) is 53.2. The molecule has 11 atom stereocenters. The zero-order valence-electron chi connectivity index (χ0n) is 43.4. The molecular formula is C55H76N12O8. The van der Waals surface area contributed by atoms with Gasteiger partial charge in [-0.3, -0.25) is 38.4 Å². The average Bonchev–Trinajstić information content (AvgIpc) is 4.24. The fraction of sp³-hybridized carbons (Fsp3) is 0.564. The molecule has 0 radical (unpaired) electrons. The van der Waals surface area contributed by atoms with Gasteiger partial charge in [-0.25, -0.2) is 0 Å². The summed E-state index contributed by atoms with van der Waals surface area (Å²) in [6.07, 6.45) is 8.98. The van der Waals surface area contributed by atoms with E-state index in [1.165, 1.54) is 6.92 Å². The van der Waals surface area contributed by atoms with Crippen LogP contribution in [0, 0.1) is 35.5 Å². The number of para-hydroxylation sites is 2. The Balaban J connectivity index is 0.839. The number of aromatic amines is 2. The molecule has 0 bridgehead atoms. The van der Waals surface area contributed by atoms with Crippen LogP contribution in [0.25, 0.3) is 21.8 Å². The predicted octanol–water partition coefficient (Wildman–Crippen LogP) is 1.45. The van der Waals surface area contributed by atoms with Crippen LogP contribution in [0.15, 0.2) is 60.9 Å². The molecule has 2 aromatic heterocycles. The number of carbonyl (C=O) groups is 8. The maximum Gasteiger partial charge on any atom is 0.226 e. The Kier molecular flexibility index (Phi) is 18.3. The summed E-state index contributed by atoms with van der Waals surface area (Å²) >= 11 is 0. The summed E-state index contributed by atoms with van der Waals surface area (Å²) in [5.74, 6) is -5.02. The third kappa shape index (κ3) is 14.1. The molecule has 2 saturated carbocycles. The molecule has 0 spiro atoms. The van der Waals surface area contributed by atoms with E-state index in [-0.39, 0.29) is 72.7 Å². The summed E-state index contributed by atoms with van der Waals surface area (Å²) < 4.78 is 0. The molecule has 4 aliphatic rings. The molecule has 2 aromatic carbocycles. The summed E-state index contributed by atoms with van der Waals surface area (Å²) in [5, 5.41) is 29.9. The first-order valence-corrected chi connectivity index (χ1v) is 27.0. The number of benzene rings is 2. The van der Waals surface area contributed by atoms with E-state index in [4.69, 9.17) is 5.73 Å². The van der Waals surface area contributed by atoms with E-state index in [0.29, 0.717) is 71.1 Å². The molecule has 13 N–H and O–H groups in total. The quantitative estimate of drug-likeness (QED) is 0.0508. The van der Waals surface area contributed by atoms with Crippen LogP contribution in [0.4, 0.5) is 0 Å². The molecule has 20 heteroatoms. The highest BCUT2D eigenvalue weighted by molar-refractivity contribution is 5.89. The first kappa shape index (κ1) is 54.5. The third-order valence-electron chi connectivity index (χ3n) is 15.7. The van der Waals surface area contributed by atoms with Gasteiger partial charge in [0.1, 0.15) is 0 Å². The van der Waals surface area contributed by atoms with Crippen LogP contribution in [-0.4, -0.2) is 126 Å². The fourth-order valence-electron chi connectivity index (χ4n) is 12.0. The van der Waals surface area contributed by atoms with Crippen LogP contribution in [0.5, 0.6) is 0 Å². The van der Waals surface area contributed by atoms with Gasteiger partial charge in [-0.05, 0) is 74.1 Å². The highest BCUT2D eigenvalue weighted by atomic mass is 16.2. The van der Waals surface area contributed by atoms with Crippen LogP contribution in [0.3, 0.4) is 0 Å². The lowest BCUT2D eigenvalue weighted by Crippen LogP contribution is -2.54. The van der Waals surface area contributed by atoms with Gasteiger partial charge >= 0.3 is 0 Å². The van der Waals surface area contributed by atoms with Crippen molar-refractivity contribution >= 4 is 69.1 Å². The maximum absolute atomic E-state index is 14.1. The number of fused-ring (bicyclic) bond motifs is 2. The number of amides is 8. The molecule has 404 valence electrons. The summed E-state index contributed by atoms with van der Waals surface area (Å²) in [6, 6.07) is 12.7. The van der Waals surface area contributed by atoms with Crippen molar-refractivity contribution in [3.8, 4) is 0 Å². The van der Waals surface area contributed by atoms with E-state index in [9.17, 15) is 38.4 Å². The first-order valence-electron chi connectivity index (χ1n) is 27.0. The van der Waals surface area contributed by atoms with E-state index in [1.807, 2.05) is 74.8 Å². The molecule has 4 heterocycles. The number of carbonyl (C=O) groups excluding carboxylic acids is 8. The van der Waals surface area contributed by atoms with Crippen LogP contribution < -0.4 is 53.6 Å². The first-order chi connectivity index (χ1) is 36.1. The number of rotatable bonds is 23. The largest absolute Gasteiger partial charge is 0.370 e. The Morgan fingerprint density at radius 2 is 1.11 bits per heavy atom. The summed E-state index contributed by atoms with van der Waals surface area (Å²) in [7, 11) is 0. The fourth-order valence-corrected chi connectivity index (χ4v) is 12.0. The smallest absolute Gasteiger partial charge is 0.226 e. The minimum atomic E-state index is -0.626. The molecule has 4 aromatic rings. The van der Waals surface area contributed by atoms with E-state index < -0.39 is 65.7 Å². The van der Waals surface area contributed by atoms with Gasteiger partial charge in [0.15, 0.2) is 0 Å². The van der Waals surface area contributed by atoms with E-state index in [2.05, 4.69) is 57.8 Å². The Hall–Kier alpha value is -6.80. The van der Waals surface area contributed by atoms with Crippen LogP contribution in [0.1, 0.15) is 89.7 Å². The van der Waals surface area contributed by atoms with Crippen molar-refractivity contribution in [2.75, 3.05) is 32.7 Å². The van der Waals surface area contributed by atoms with Gasteiger partial charge in [0, 0.05) is 111 Å². The predicted molar refractivity (Wildman–Crippen MR) is 283 cm³/mol. The maximum atomic E-state index is 14.1. The van der Waals surface area contributed by atoms with Crippen molar-refractivity contribution in [3.63, 3.8) is 0 Å². The monoisotopic (exact) mass is 1030 g/mol. The van der Waals surface area contributed by atoms with E-state index in [0.717, 1.165) is 45.8 Å². The number of hydrogen-bond acceptors (Lipinski definition) is 10. The van der Waals surface area contributed by atoms with E-state index in [1.54, 1.807) is 0 Å². The molecule has 75 heavy (non-hydrogen) atoms. The lowest BCUT2D eigenvalue weighted by molar-refractivity contribution is -0.130. The minimum Gasteiger partial charge on any atom is -0.370 e. The standard InChI is InChI=1S/C55H76N12O8/c1-30(2)18-34(51(71)66-47-28-58-27-42(47)55(75)67-48-29-57-26-41(48)54(74)63-35(21-49(56)69)19-32-23-59-43-14-6-4-10-37(32)43)25-61-52(72)39-12-8-17-46(39)65-50(70)22-36(20-33-24-60-44-15-7-5-11-38(33)44)64-53(73)40-13-9-16-45(40)62-31(3)68/h4-7,10-11,14-15,23-24,30,34-36,39-42,45-48,57-60H,8-9,12-13,16-22,25-29H2,1-3H3,(H2,56,69)(H,61,72)(H,62,68)(H,63,74)(H,64,73)(H,65,70)(H,66,71)(H,67,75)/t34-,35-,36-,39?,40?,41?,42?,45?,46?,47?,48?/m0/s1. The number of nitrogens with two attached hydrogens (primary N) is 1. The van der Waals surface area contributed by atoms with Crippen molar-refractivity contribution in [2.45, 2.75) is 128 Å². The number of primary amides is 1. The van der Waals surface area contributed by atoms with Crippen LogP contribution >= 0.6 is 0 Å². The van der Waals surface area contributed by atoms with Crippen molar-refractivity contribution in [1.29, 1.82) is 0 Å². The summed E-state index contributed by atoms with van der Waals surface area (Å²) in [6.45, 7) is 6.87. The molecule has 2 saturated heterocycles. The second-order valence-electron chi connectivity index (χ2n) is 21.8. The second kappa shape index (κ2) is 25.2. The summed E-state index contributed by atoms with van der Waals surface area (Å²) in [4.78, 5) is 114. The number of hydrogen-bond donors (Lipinski definition) is 12. The molecule has 20 nitrogen and oxygen atoms in total. The molecule has 8 rings (SSSR count). The molecule has 2 aliphatic heterocycles. The SMILES string of the molecule is CC(=O)NC1CCCC1C(=O)N[C@H](CC(=O)NC1CCCC1C(=O)NC[C@H](CC(C)C)C(=O)NC1CNCC1C(=O)NC1CNCC1C(=O)N[C@H](CC(N)=O)Cc1c[nH]c2ccccc12)Cc1c[nH]c2ccccc12. The van der Waals surface area contributed by atoms with Gasteiger partial charge in [0.2, 0.25) is 47.3 Å². The van der Waals surface area contributed by atoms with Crippen LogP contribution in [0.2, 0.25) is 0 Å². The highest BCUT2D eigenvalue weighted by Crippen LogP contribution is 2.29.